The molecule has 0 aliphatic rings. The Kier molecular flexibility index (Phi) is 22.9. The number of hydrogen-bond acceptors (Lipinski definition) is 4. The Balaban J connectivity index is 3.14. The first kappa shape index (κ1) is 36.4. The zero-order valence-corrected chi connectivity index (χ0v) is 27.1. The molecule has 0 aliphatic heterocycles. The van der Waals surface area contributed by atoms with Gasteiger partial charge >= 0.3 is 0 Å². The predicted octanol–water partition coefficient (Wildman–Crippen LogP) is 11.6. The van der Waals surface area contributed by atoms with Crippen molar-refractivity contribution < 1.29 is 19.7 Å². The summed E-state index contributed by atoms with van der Waals surface area (Å²) in [6, 6.07) is 0. The first-order valence-electron chi connectivity index (χ1n) is 17.5. The molecule has 1 aromatic carbocycles. The van der Waals surface area contributed by atoms with Crippen LogP contribution in [0, 0.1) is 0 Å². The lowest BCUT2D eigenvalue weighted by atomic mass is 9.93. The van der Waals surface area contributed by atoms with Crippen molar-refractivity contribution in [3.63, 3.8) is 0 Å². The number of phenolic OH excluding ortho intramolecular Hbond substituents is 2. The van der Waals surface area contributed by atoms with Crippen LogP contribution in [-0.4, -0.2) is 23.4 Å². The second-order valence-corrected chi connectivity index (χ2v) is 11.9. The fraction of sp³-hybridized carbons (Fsp3) is 0.833. The normalized spacial score (nSPS) is 11.3. The number of rotatable bonds is 28. The van der Waals surface area contributed by atoms with Gasteiger partial charge in [-0.1, -0.05) is 143 Å². The lowest BCUT2D eigenvalue weighted by Crippen LogP contribution is -2.09. The first-order valence-corrected chi connectivity index (χ1v) is 17.5. The van der Waals surface area contributed by atoms with Crippen molar-refractivity contribution in [1.29, 1.82) is 0 Å². The second kappa shape index (κ2) is 25.2. The number of hydrogen-bond donors (Lipinski definition) is 2. The molecule has 0 atom stereocenters. The van der Waals surface area contributed by atoms with E-state index in [-0.39, 0.29) is 11.5 Å². The van der Waals surface area contributed by atoms with E-state index in [1.165, 1.54) is 96.3 Å². The molecule has 0 radical (unpaired) electrons. The van der Waals surface area contributed by atoms with E-state index in [0.29, 0.717) is 24.7 Å². The molecule has 0 unspecified atom stereocenters. The van der Waals surface area contributed by atoms with Gasteiger partial charge in [0.05, 0.1) is 13.2 Å². The Morgan fingerprint density at radius 2 is 0.725 bits per heavy atom. The monoisotopic (exact) mass is 562 g/mol. The molecule has 0 heterocycles. The predicted molar refractivity (Wildman–Crippen MR) is 172 cm³/mol. The van der Waals surface area contributed by atoms with Crippen molar-refractivity contribution in [3.8, 4) is 23.0 Å². The van der Waals surface area contributed by atoms with Crippen LogP contribution in [0.2, 0.25) is 0 Å². The van der Waals surface area contributed by atoms with Gasteiger partial charge in [0.15, 0.2) is 11.5 Å². The third-order valence-corrected chi connectivity index (χ3v) is 8.12. The van der Waals surface area contributed by atoms with Crippen molar-refractivity contribution in [1.82, 2.24) is 0 Å². The molecule has 0 fully saturated rings. The van der Waals surface area contributed by atoms with Crippen LogP contribution in [0.4, 0.5) is 0 Å². The number of ether oxygens (including phenoxy) is 2. The van der Waals surface area contributed by atoms with Crippen LogP contribution in [0.5, 0.6) is 23.0 Å². The van der Waals surface area contributed by atoms with Gasteiger partial charge in [0.2, 0.25) is 11.5 Å². The van der Waals surface area contributed by atoms with Crippen LogP contribution >= 0.6 is 0 Å². The quantitative estimate of drug-likeness (QED) is 0.0787. The Morgan fingerprint density at radius 3 is 1.18 bits per heavy atom. The summed E-state index contributed by atoms with van der Waals surface area (Å²) in [5.74, 6) is 0.969. The number of unbranched alkanes of at least 4 members (excludes halogenated alkanes) is 18. The summed E-state index contributed by atoms with van der Waals surface area (Å²) in [6.45, 7) is 10.1. The third kappa shape index (κ3) is 15.4. The van der Waals surface area contributed by atoms with Gasteiger partial charge in [-0.05, 0) is 38.5 Å². The maximum Gasteiger partial charge on any atom is 0.207 e. The van der Waals surface area contributed by atoms with Gasteiger partial charge in [-0.2, -0.15) is 0 Å². The molecule has 2 N–H and O–H groups in total. The molecular formula is C36H66O4. The average Bonchev–Trinajstić information content (AvgIpc) is 2.96. The summed E-state index contributed by atoms with van der Waals surface area (Å²) in [5.41, 5.74) is 1.96. The SMILES string of the molecule is CCCCCCCCc1c(O)c(O)c(OCCCCCCC)c(OCCCCCCC)c1CCCCCCCC. The molecule has 0 amide bonds. The van der Waals surface area contributed by atoms with E-state index in [1.54, 1.807) is 0 Å². The molecule has 4 nitrogen and oxygen atoms in total. The van der Waals surface area contributed by atoms with E-state index in [9.17, 15) is 10.2 Å². The minimum Gasteiger partial charge on any atom is -0.504 e. The molecule has 4 heteroatoms. The number of benzene rings is 1. The summed E-state index contributed by atoms with van der Waals surface area (Å²) in [6.07, 6.45) is 27.8. The van der Waals surface area contributed by atoms with E-state index in [4.69, 9.17) is 9.47 Å². The molecule has 0 saturated heterocycles. The van der Waals surface area contributed by atoms with Crippen LogP contribution in [0.15, 0.2) is 0 Å². The fourth-order valence-electron chi connectivity index (χ4n) is 5.52. The highest BCUT2D eigenvalue weighted by atomic mass is 16.5. The Morgan fingerprint density at radius 1 is 0.375 bits per heavy atom. The van der Waals surface area contributed by atoms with E-state index in [2.05, 4.69) is 27.7 Å². The highest BCUT2D eigenvalue weighted by Crippen LogP contribution is 2.50. The maximum absolute atomic E-state index is 11.3. The molecule has 234 valence electrons. The molecule has 0 bridgehead atoms. The van der Waals surface area contributed by atoms with Crippen molar-refractivity contribution in [3.05, 3.63) is 11.1 Å². The molecule has 0 aliphatic carbocycles. The molecule has 0 saturated carbocycles. The second-order valence-electron chi connectivity index (χ2n) is 11.9. The van der Waals surface area contributed by atoms with Crippen LogP contribution in [0.1, 0.15) is 180 Å². The van der Waals surface area contributed by atoms with E-state index in [0.717, 1.165) is 68.9 Å². The molecule has 0 spiro atoms. The smallest absolute Gasteiger partial charge is 0.207 e. The van der Waals surface area contributed by atoms with Gasteiger partial charge in [-0.25, -0.2) is 0 Å². The summed E-state index contributed by atoms with van der Waals surface area (Å²) in [4.78, 5) is 0. The fourth-order valence-corrected chi connectivity index (χ4v) is 5.52. The van der Waals surface area contributed by atoms with Crippen LogP contribution in [-0.2, 0) is 12.8 Å². The Labute approximate surface area is 248 Å². The van der Waals surface area contributed by atoms with E-state index < -0.39 is 0 Å². The summed E-state index contributed by atoms with van der Waals surface area (Å²) < 4.78 is 12.7. The van der Waals surface area contributed by atoms with E-state index >= 15 is 0 Å². The summed E-state index contributed by atoms with van der Waals surface area (Å²) in [7, 11) is 0. The van der Waals surface area contributed by atoms with Crippen LogP contribution < -0.4 is 9.47 Å². The first-order chi connectivity index (χ1) is 19.6. The van der Waals surface area contributed by atoms with Gasteiger partial charge in [0.25, 0.3) is 0 Å². The van der Waals surface area contributed by atoms with Crippen molar-refractivity contribution in [2.75, 3.05) is 13.2 Å². The molecular weight excluding hydrogens is 496 g/mol. The number of aromatic hydroxyl groups is 2. The third-order valence-electron chi connectivity index (χ3n) is 8.12. The lowest BCUT2D eigenvalue weighted by Gasteiger charge is -2.22. The lowest BCUT2D eigenvalue weighted by molar-refractivity contribution is 0.242. The highest BCUT2D eigenvalue weighted by molar-refractivity contribution is 5.66. The van der Waals surface area contributed by atoms with Crippen LogP contribution in [0.3, 0.4) is 0 Å². The topological polar surface area (TPSA) is 58.9 Å². The molecule has 1 rings (SSSR count). The van der Waals surface area contributed by atoms with Crippen LogP contribution in [0.25, 0.3) is 0 Å². The average molecular weight is 563 g/mol. The zero-order valence-electron chi connectivity index (χ0n) is 27.1. The Bertz CT molecular complexity index is 669. The minimum absolute atomic E-state index is 0.0193. The van der Waals surface area contributed by atoms with Crippen molar-refractivity contribution in [2.24, 2.45) is 0 Å². The molecule has 0 aromatic heterocycles. The zero-order chi connectivity index (χ0) is 29.3. The van der Waals surface area contributed by atoms with Gasteiger partial charge < -0.3 is 19.7 Å². The van der Waals surface area contributed by atoms with Crippen molar-refractivity contribution >= 4 is 0 Å². The van der Waals surface area contributed by atoms with Gasteiger partial charge in [0.1, 0.15) is 0 Å². The molecule has 1 aromatic rings. The maximum atomic E-state index is 11.3. The largest absolute Gasteiger partial charge is 0.504 e. The summed E-state index contributed by atoms with van der Waals surface area (Å²) >= 11 is 0. The number of phenols is 2. The van der Waals surface area contributed by atoms with Crippen molar-refractivity contribution in [2.45, 2.75) is 182 Å². The minimum atomic E-state index is -0.123. The van der Waals surface area contributed by atoms with E-state index in [1.807, 2.05) is 0 Å². The highest BCUT2D eigenvalue weighted by Gasteiger charge is 2.26. The Hall–Kier alpha value is -1.58. The molecule has 40 heavy (non-hydrogen) atoms. The summed E-state index contributed by atoms with van der Waals surface area (Å²) in [5, 5.41) is 22.4. The standard InChI is InChI=1S/C36H66O4/c1-5-9-13-17-19-23-27-31-32(28-24-20-18-14-10-6-2)35(39-29-25-21-15-11-7-3)36(34(38)33(31)37)40-30-26-22-16-12-8-4/h37-38H,5-30H2,1-4H3. The van der Waals surface area contributed by atoms with Gasteiger partial charge in [0, 0.05) is 11.1 Å². The van der Waals surface area contributed by atoms with Gasteiger partial charge in [-0.15, -0.1) is 0 Å². The van der Waals surface area contributed by atoms with Gasteiger partial charge in [-0.3, -0.25) is 0 Å².